The molecule has 0 bridgehead atoms. The second kappa shape index (κ2) is 11.9. The molecule has 5 atom stereocenters. The number of esters is 2. The van der Waals surface area contributed by atoms with E-state index in [2.05, 4.69) is 0 Å². The first-order valence-electron chi connectivity index (χ1n) is 10.0. The van der Waals surface area contributed by atoms with Gasteiger partial charge < -0.3 is 28.8 Å². The van der Waals surface area contributed by atoms with Crippen LogP contribution in [0, 0.1) is 0 Å². The highest BCUT2D eigenvalue weighted by Gasteiger charge is 2.52. The van der Waals surface area contributed by atoms with Gasteiger partial charge in [-0.25, -0.2) is 4.79 Å². The first-order valence-corrected chi connectivity index (χ1v) is 10.5. The predicted molar refractivity (Wildman–Crippen MR) is 114 cm³/mol. The van der Waals surface area contributed by atoms with Crippen molar-refractivity contribution in [2.24, 2.45) is 0 Å². The number of carbonyl (C=O) groups excluding carboxylic acids is 2. The molecule has 1 aliphatic rings. The molecule has 3 rings (SSSR count). The van der Waals surface area contributed by atoms with E-state index >= 15 is 0 Å². The first-order chi connectivity index (χ1) is 15.5. The van der Waals surface area contributed by atoms with E-state index in [1.54, 1.807) is 0 Å². The summed E-state index contributed by atoms with van der Waals surface area (Å²) in [5, 5.41) is 10.6. The summed E-state index contributed by atoms with van der Waals surface area (Å²) in [6.45, 7) is 0.252. The van der Waals surface area contributed by atoms with Crippen molar-refractivity contribution in [2.75, 3.05) is 13.0 Å². The number of hydrogen-bond acceptors (Lipinski definition) is 8. The van der Waals surface area contributed by atoms with E-state index in [1.807, 2.05) is 60.7 Å². The molecule has 8 nitrogen and oxygen atoms in total. The Balaban J connectivity index is 1.86. The Hall–Kier alpha value is -2.49. The normalized spacial score (nSPS) is 25.2. The fourth-order valence-electron chi connectivity index (χ4n) is 3.34. The number of carbonyl (C=O) groups is 2. The molecule has 0 aromatic heterocycles. The molecular weight excluding hydrogens is 440 g/mol. The number of methoxy groups -OCH3 is 1. The maximum Gasteiger partial charge on any atom is 0.339 e. The van der Waals surface area contributed by atoms with E-state index in [1.165, 1.54) is 0 Å². The maximum absolute atomic E-state index is 12.3. The summed E-state index contributed by atoms with van der Waals surface area (Å²) in [6, 6.07) is 18.6. The lowest BCUT2D eigenvalue weighted by molar-refractivity contribution is -0.303. The minimum absolute atomic E-state index is 0.117. The van der Waals surface area contributed by atoms with Gasteiger partial charge in [0.15, 0.2) is 18.5 Å². The summed E-state index contributed by atoms with van der Waals surface area (Å²) < 4.78 is 27.5. The lowest BCUT2D eigenvalue weighted by atomic mass is 9.97. The van der Waals surface area contributed by atoms with E-state index in [-0.39, 0.29) is 13.2 Å². The summed E-state index contributed by atoms with van der Waals surface area (Å²) in [5.74, 6) is -2.04. The third-order valence-electron chi connectivity index (χ3n) is 4.89. The van der Waals surface area contributed by atoms with E-state index < -0.39 is 48.5 Å². The molecule has 32 heavy (non-hydrogen) atoms. The number of aliphatic hydroxyl groups is 1. The Morgan fingerprint density at radius 3 is 1.94 bits per heavy atom. The van der Waals surface area contributed by atoms with Crippen LogP contribution in [0.25, 0.3) is 0 Å². The summed E-state index contributed by atoms with van der Waals surface area (Å²) >= 11 is 5.61. The molecule has 1 saturated heterocycles. The minimum Gasteiger partial charge on any atom is -0.467 e. The van der Waals surface area contributed by atoms with Gasteiger partial charge in [-0.3, -0.25) is 4.79 Å². The molecule has 1 fully saturated rings. The van der Waals surface area contributed by atoms with Crippen LogP contribution in [0.4, 0.5) is 0 Å². The zero-order chi connectivity index (χ0) is 22.9. The summed E-state index contributed by atoms with van der Waals surface area (Å²) in [4.78, 5) is 24.3. The van der Waals surface area contributed by atoms with Crippen molar-refractivity contribution in [3.63, 3.8) is 0 Å². The van der Waals surface area contributed by atoms with Crippen LogP contribution < -0.4 is 0 Å². The summed E-state index contributed by atoms with van der Waals surface area (Å²) in [7, 11) is 1.16. The number of benzene rings is 2. The van der Waals surface area contributed by atoms with Crippen molar-refractivity contribution in [1.82, 2.24) is 0 Å². The van der Waals surface area contributed by atoms with E-state index in [0.717, 1.165) is 18.2 Å². The van der Waals surface area contributed by atoms with Gasteiger partial charge in [-0.05, 0) is 11.1 Å². The number of hydrogen-bond donors (Lipinski definition) is 1. The van der Waals surface area contributed by atoms with Crippen LogP contribution in [-0.2, 0) is 46.5 Å². The lowest BCUT2D eigenvalue weighted by Crippen LogP contribution is -2.62. The second-order valence-electron chi connectivity index (χ2n) is 7.08. The fourth-order valence-corrected chi connectivity index (χ4v) is 3.41. The van der Waals surface area contributed by atoms with Crippen molar-refractivity contribution in [1.29, 1.82) is 0 Å². The third kappa shape index (κ3) is 6.27. The van der Waals surface area contributed by atoms with Crippen LogP contribution in [0.5, 0.6) is 0 Å². The van der Waals surface area contributed by atoms with Gasteiger partial charge >= 0.3 is 11.9 Å². The average molecular weight is 465 g/mol. The Bertz CT molecular complexity index is 863. The average Bonchev–Trinajstić information content (AvgIpc) is 2.83. The van der Waals surface area contributed by atoms with Crippen LogP contribution in [0.2, 0.25) is 0 Å². The molecule has 172 valence electrons. The monoisotopic (exact) mass is 464 g/mol. The molecule has 1 heterocycles. The number of alkyl halides is 1. The Morgan fingerprint density at radius 2 is 1.44 bits per heavy atom. The zero-order valence-corrected chi connectivity index (χ0v) is 18.2. The number of halogens is 1. The van der Waals surface area contributed by atoms with Crippen LogP contribution in [0.15, 0.2) is 60.7 Å². The van der Waals surface area contributed by atoms with Crippen LogP contribution in [0.3, 0.4) is 0 Å². The lowest BCUT2D eigenvalue weighted by Gasteiger charge is -2.42. The van der Waals surface area contributed by atoms with Gasteiger partial charge in [0.25, 0.3) is 0 Å². The Labute approximate surface area is 190 Å². The molecule has 2 aromatic rings. The van der Waals surface area contributed by atoms with Crippen molar-refractivity contribution in [3.05, 3.63) is 71.8 Å². The molecule has 1 aliphatic heterocycles. The Morgan fingerprint density at radius 1 is 0.906 bits per heavy atom. The molecular formula is C23H25ClO8. The molecule has 9 heteroatoms. The number of ether oxygens (including phenoxy) is 5. The van der Waals surface area contributed by atoms with Gasteiger partial charge in [0, 0.05) is 0 Å². The van der Waals surface area contributed by atoms with E-state index in [4.69, 9.17) is 35.3 Å². The standard InChI is InChI=1S/C23H25ClO8/c1-28-22(26)21-19(31-17(25)12-24)18(29-13-15-8-4-2-5-9-15)20(23(27)32-21)30-14-16-10-6-3-7-11-16/h2-11,18-21,23,27H,12-14H2,1H3/t18-,19-,20+,21-,23+/m0/s1. The highest BCUT2D eigenvalue weighted by Crippen LogP contribution is 2.29. The highest BCUT2D eigenvalue weighted by atomic mass is 35.5. The minimum atomic E-state index is -1.53. The van der Waals surface area contributed by atoms with Gasteiger partial charge in [0.05, 0.1) is 20.3 Å². The largest absolute Gasteiger partial charge is 0.467 e. The molecule has 0 aliphatic carbocycles. The first kappa shape index (κ1) is 24.2. The second-order valence-corrected chi connectivity index (χ2v) is 7.35. The maximum atomic E-state index is 12.3. The molecule has 2 aromatic carbocycles. The molecule has 0 unspecified atom stereocenters. The molecule has 0 amide bonds. The van der Waals surface area contributed by atoms with E-state index in [9.17, 15) is 14.7 Å². The summed E-state index contributed by atoms with van der Waals surface area (Å²) in [5.41, 5.74) is 1.69. The fraction of sp³-hybridized carbons (Fsp3) is 0.391. The molecule has 1 N–H and O–H groups in total. The van der Waals surface area contributed by atoms with Gasteiger partial charge in [0.2, 0.25) is 0 Å². The quantitative estimate of drug-likeness (QED) is 0.445. The van der Waals surface area contributed by atoms with Crippen LogP contribution in [0.1, 0.15) is 11.1 Å². The molecule has 0 saturated carbocycles. The van der Waals surface area contributed by atoms with Crippen molar-refractivity contribution in [3.8, 4) is 0 Å². The smallest absolute Gasteiger partial charge is 0.339 e. The van der Waals surface area contributed by atoms with Gasteiger partial charge in [0.1, 0.15) is 18.1 Å². The van der Waals surface area contributed by atoms with Crippen molar-refractivity contribution >= 4 is 23.5 Å². The topological polar surface area (TPSA) is 101 Å². The number of rotatable bonds is 9. The van der Waals surface area contributed by atoms with E-state index in [0.29, 0.717) is 0 Å². The SMILES string of the molecule is COC(=O)[C@H]1O[C@@H](O)[C@H](OCc2ccccc2)[C@@H](OCc2ccccc2)[C@@H]1OC(=O)CCl. The van der Waals surface area contributed by atoms with Gasteiger partial charge in [-0.15, -0.1) is 11.6 Å². The van der Waals surface area contributed by atoms with Crippen LogP contribution >= 0.6 is 11.6 Å². The predicted octanol–water partition coefficient (Wildman–Crippen LogP) is 2.20. The number of aliphatic hydroxyl groups excluding tert-OH is 1. The van der Waals surface area contributed by atoms with Crippen molar-refractivity contribution in [2.45, 2.75) is 43.9 Å². The highest BCUT2D eigenvalue weighted by molar-refractivity contribution is 6.26. The van der Waals surface area contributed by atoms with Gasteiger partial charge in [-0.1, -0.05) is 60.7 Å². The van der Waals surface area contributed by atoms with Gasteiger partial charge in [-0.2, -0.15) is 0 Å². The third-order valence-corrected chi connectivity index (χ3v) is 5.11. The Kier molecular flexibility index (Phi) is 9.01. The van der Waals surface area contributed by atoms with Crippen LogP contribution in [-0.4, -0.2) is 60.7 Å². The molecule has 0 spiro atoms. The summed E-state index contributed by atoms with van der Waals surface area (Å²) in [6.07, 6.45) is -6.30. The van der Waals surface area contributed by atoms with Crippen molar-refractivity contribution < 1.29 is 38.4 Å². The molecule has 0 radical (unpaired) electrons. The zero-order valence-electron chi connectivity index (χ0n) is 17.5.